The van der Waals surface area contributed by atoms with Gasteiger partial charge in [-0.3, -0.25) is 0 Å². The van der Waals surface area contributed by atoms with Crippen LogP contribution < -0.4 is 0 Å². The molecule has 0 saturated heterocycles. The zero-order valence-corrected chi connectivity index (χ0v) is 14.0. The summed E-state index contributed by atoms with van der Waals surface area (Å²) in [5, 5.41) is 0. The summed E-state index contributed by atoms with van der Waals surface area (Å²) in [6.07, 6.45) is 4.25. The van der Waals surface area contributed by atoms with Crippen LogP contribution in [0, 0.1) is 0 Å². The highest BCUT2D eigenvalue weighted by Gasteiger charge is 2.30. The molecule has 0 radical (unpaired) electrons. The van der Waals surface area contributed by atoms with Crippen molar-refractivity contribution in [2.24, 2.45) is 0 Å². The van der Waals surface area contributed by atoms with E-state index in [0.717, 1.165) is 24.0 Å². The van der Waals surface area contributed by atoms with Gasteiger partial charge in [0.05, 0.1) is 0 Å². The van der Waals surface area contributed by atoms with E-state index in [1.165, 1.54) is 12.8 Å². The Morgan fingerprint density at radius 2 is 1.82 bits per heavy atom. The predicted octanol–water partition coefficient (Wildman–Crippen LogP) is 4.88. The van der Waals surface area contributed by atoms with E-state index in [2.05, 4.69) is 6.58 Å². The van der Waals surface area contributed by atoms with Gasteiger partial charge in [0.25, 0.3) is 0 Å². The molecule has 1 aromatic carbocycles. The van der Waals surface area contributed by atoms with Crippen molar-refractivity contribution < 1.29 is 9.53 Å². The summed E-state index contributed by atoms with van der Waals surface area (Å²) in [5.74, 6) is 0. The number of carbonyl (C=O) groups is 1. The Kier molecular flexibility index (Phi) is 5.28. The molecule has 1 aromatic rings. The summed E-state index contributed by atoms with van der Waals surface area (Å²) >= 11 is 0. The highest BCUT2D eigenvalue weighted by Crippen LogP contribution is 2.27. The van der Waals surface area contributed by atoms with Crippen LogP contribution in [0.1, 0.15) is 52.0 Å². The van der Waals surface area contributed by atoms with Gasteiger partial charge < -0.3 is 9.64 Å². The van der Waals surface area contributed by atoms with Gasteiger partial charge in [-0.25, -0.2) is 4.79 Å². The van der Waals surface area contributed by atoms with Crippen molar-refractivity contribution in [1.82, 2.24) is 4.90 Å². The van der Waals surface area contributed by atoms with Crippen LogP contribution in [0.5, 0.6) is 0 Å². The lowest BCUT2D eigenvalue weighted by Crippen LogP contribution is -2.43. The second-order valence-electron chi connectivity index (χ2n) is 7.02. The van der Waals surface area contributed by atoms with E-state index in [-0.39, 0.29) is 12.1 Å². The number of hydrogen-bond donors (Lipinski definition) is 0. The van der Waals surface area contributed by atoms with Crippen LogP contribution in [0.2, 0.25) is 0 Å². The number of nitrogens with zero attached hydrogens (tertiary/aromatic N) is 1. The lowest BCUT2D eigenvalue weighted by atomic mass is 10.1. The summed E-state index contributed by atoms with van der Waals surface area (Å²) in [7, 11) is 0. The highest BCUT2D eigenvalue weighted by molar-refractivity contribution is 5.73. The molecule has 1 amide bonds. The number of ether oxygens (including phenoxy) is 1. The van der Waals surface area contributed by atoms with Crippen molar-refractivity contribution in [3.05, 3.63) is 42.5 Å². The van der Waals surface area contributed by atoms with Gasteiger partial charge in [0.1, 0.15) is 5.60 Å². The SMILES string of the molecule is C=C(CN(C(=O)OC(C)(C)C)C1CCCC1)c1ccccc1. The molecule has 3 nitrogen and oxygen atoms in total. The molecule has 2 rings (SSSR count). The second-order valence-corrected chi connectivity index (χ2v) is 7.02. The number of amides is 1. The maximum absolute atomic E-state index is 12.6. The maximum atomic E-state index is 12.6. The van der Waals surface area contributed by atoms with Gasteiger partial charge in [0, 0.05) is 12.6 Å². The van der Waals surface area contributed by atoms with Crippen LogP contribution in [0.4, 0.5) is 4.79 Å². The molecule has 1 saturated carbocycles. The van der Waals surface area contributed by atoms with Gasteiger partial charge >= 0.3 is 6.09 Å². The first kappa shape index (κ1) is 16.6. The Bertz CT molecular complexity index is 510. The summed E-state index contributed by atoms with van der Waals surface area (Å²) in [6.45, 7) is 10.4. The molecule has 0 unspecified atom stereocenters. The Hall–Kier alpha value is -1.77. The third-order valence-electron chi connectivity index (χ3n) is 3.94. The minimum Gasteiger partial charge on any atom is -0.444 e. The van der Waals surface area contributed by atoms with Crippen molar-refractivity contribution in [3.63, 3.8) is 0 Å². The van der Waals surface area contributed by atoms with Crippen LogP contribution in [0.15, 0.2) is 36.9 Å². The first-order valence-electron chi connectivity index (χ1n) is 8.09. The molecule has 1 aliphatic carbocycles. The average Bonchev–Trinajstić information content (AvgIpc) is 2.97. The van der Waals surface area contributed by atoms with Crippen molar-refractivity contribution in [2.75, 3.05) is 6.54 Å². The quantitative estimate of drug-likeness (QED) is 0.793. The van der Waals surface area contributed by atoms with E-state index in [1.54, 1.807) is 0 Å². The highest BCUT2D eigenvalue weighted by atomic mass is 16.6. The lowest BCUT2D eigenvalue weighted by Gasteiger charge is -2.32. The number of hydrogen-bond acceptors (Lipinski definition) is 2. The van der Waals surface area contributed by atoms with Gasteiger partial charge in [0.15, 0.2) is 0 Å². The van der Waals surface area contributed by atoms with Crippen LogP contribution in [-0.2, 0) is 4.74 Å². The fourth-order valence-electron chi connectivity index (χ4n) is 2.85. The van der Waals surface area contributed by atoms with Crippen LogP contribution in [-0.4, -0.2) is 29.2 Å². The molecule has 22 heavy (non-hydrogen) atoms. The van der Waals surface area contributed by atoms with E-state index >= 15 is 0 Å². The lowest BCUT2D eigenvalue weighted by molar-refractivity contribution is 0.0197. The Balaban J connectivity index is 2.11. The fourth-order valence-corrected chi connectivity index (χ4v) is 2.85. The zero-order chi connectivity index (χ0) is 16.2. The predicted molar refractivity (Wildman–Crippen MR) is 90.7 cm³/mol. The fraction of sp³-hybridized carbons (Fsp3) is 0.526. The molecule has 0 aromatic heterocycles. The molecule has 120 valence electrons. The smallest absolute Gasteiger partial charge is 0.410 e. The molecule has 0 atom stereocenters. The van der Waals surface area contributed by atoms with Gasteiger partial charge in [-0.15, -0.1) is 0 Å². The first-order chi connectivity index (χ1) is 10.4. The van der Waals surface area contributed by atoms with Crippen LogP contribution >= 0.6 is 0 Å². The third-order valence-corrected chi connectivity index (χ3v) is 3.94. The molecule has 0 bridgehead atoms. The molecule has 0 heterocycles. The summed E-state index contributed by atoms with van der Waals surface area (Å²) < 4.78 is 5.59. The molecular formula is C19H27NO2. The van der Waals surface area contributed by atoms with E-state index in [9.17, 15) is 4.79 Å². The minimum atomic E-state index is -0.470. The van der Waals surface area contributed by atoms with E-state index in [1.807, 2.05) is 56.0 Å². The van der Waals surface area contributed by atoms with Gasteiger partial charge in [-0.05, 0) is 44.7 Å². The van der Waals surface area contributed by atoms with Crippen molar-refractivity contribution in [2.45, 2.75) is 58.1 Å². The zero-order valence-electron chi connectivity index (χ0n) is 14.0. The topological polar surface area (TPSA) is 29.5 Å². The summed E-state index contributed by atoms with van der Waals surface area (Å²) in [6, 6.07) is 10.3. The molecular weight excluding hydrogens is 274 g/mol. The van der Waals surface area contributed by atoms with Crippen LogP contribution in [0.25, 0.3) is 5.57 Å². The van der Waals surface area contributed by atoms with E-state index < -0.39 is 5.60 Å². The Labute approximate surface area is 134 Å². The molecule has 1 fully saturated rings. The largest absolute Gasteiger partial charge is 0.444 e. The Morgan fingerprint density at radius 1 is 1.23 bits per heavy atom. The van der Waals surface area contributed by atoms with E-state index in [0.29, 0.717) is 6.54 Å². The normalized spacial score (nSPS) is 15.6. The van der Waals surface area contributed by atoms with Gasteiger partial charge in [0.2, 0.25) is 0 Å². The van der Waals surface area contributed by atoms with Gasteiger partial charge in [-0.1, -0.05) is 49.8 Å². The summed E-state index contributed by atoms with van der Waals surface area (Å²) in [4.78, 5) is 14.4. The summed E-state index contributed by atoms with van der Waals surface area (Å²) in [5.41, 5.74) is 1.56. The standard InChI is InChI=1S/C19H27NO2/c1-15(16-10-6-5-7-11-16)14-20(17-12-8-9-13-17)18(21)22-19(2,3)4/h5-7,10-11,17H,1,8-9,12-14H2,2-4H3. The molecule has 0 aliphatic heterocycles. The first-order valence-corrected chi connectivity index (χ1v) is 8.09. The van der Waals surface area contributed by atoms with Crippen molar-refractivity contribution in [1.29, 1.82) is 0 Å². The molecule has 0 N–H and O–H groups in total. The number of carbonyl (C=O) groups excluding carboxylic acids is 1. The third kappa shape index (κ3) is 4.62. The average molecular weight is 301 g/mol. The Morgan fingerprint density at radius 3 is 2.36 bits per heavy atom. The van der Waals surface area contributed by atoms with Crippen molar-refractivity contribution in [3.8, 4) is 0 Å². The molecule has 0 spiro atoms. The van der Waals surface area contributed by atoms with E-state index in [4.69, 9.17) is 4.74 Å². The minimum absolute atomic E-state index is 0.225. The van der Waals surface area contributed by atoms with Crippen molar-refractivity contribution >= 4 is 11.7 Å². The molecule has 1 aliphatic rings. The molecule has 3 heteroatoms. The second kappa shape index (κ2) is 6.99. The monoisotopic (exact) mass is 301 g/mol. The van der Waals surface area contributed by atoms with Crippen LogP contribution in [0.3, 0.4) is 0 Å². The number of rotatable bonds is 4. The van der Waals surface area contributed by atoms with Gasteiger partial charge in [-0.2, -0.15) is 0 Å². The number of benzene rings is 1. The maximum Gasteiger partial charge on any atom is 0.410 e.